The fourth-order valence-corrected chi connectivity index (χ4v) is 4.53. The molecule has 1 spiro atoms. The number of piperidine rings is 1. The maximum atomic E-state index is 13.3. The Hall–Kier alpha value is -2.27. The van der Waals surface area contributed by atoms with Crippen molar-refractivity contribution < 1.29 is 23.1 Å². The number of carbonyl (C=O) groups is 1. The molecule has 2 heterocycles. The molecule has 8 heteroatoms. The number of alkyl halides is 3. The second kappa shape index (κ2) is 7.63. The van der Waals surface area contributed by atoms with Gasteiger partial charge in [-0.3, -0.25) is 4.79 Å². The number of amides is 1. The standard InChI is InChI=1S/C20H24F3N3O2/c1-2-18(28)25-7-5-19(6-8-25)13-26(11-15(19)12-27)16-4-3-14(10-24)17(9-16)20(21,22)23/h3-4,9,15,27H,2,5-8,11-13H2,1H3. The van der Waals surface area contributed by atoms with Crippen molar-refractivity contribution in [3.05, 3.63) is 29.3 Å². The van der Waals surface area contributed by atoms with E-state index in [2.05, 4.69) is 0 Å². The predicted octanol–water partition coefficient (Wildman–Crippen LogP) is 3.02. The number of aliphatic hydroxyl groups is 1. The SMILES string of the molecule is CCC(=O)N1CCC2(CC1)CN(c1ccc(C#N)c(C(F)(F)F)c1)CC2CO. The zero-order chi connectivity index (χ0) is 20.5. The zero-order valence-corrected chi connectivity index (χ0v) is 15.8. The van der Waals surface area contributed by atoms with Crippen LogP contribution in [-0.4, -0.2) is 48.7 Å². The lowest BCUT2D eigenvalue weighted by molar-refractivity contribution is -0.137. The van der Waals surface area contributed by atoms with Crippen LogP contribution in [0.5, 0.6) is 0 Å². The summed E-state index contributed by atoms with van der Waals surface area (Å²) in [7, 11) is 0. The summed E-state index contributed by atoms with van der Waals surface area (Å²) in [4.78, 5) is 15.6. The van der Waals surface area contributed by atoms with Gasteiger partial charge in [0.25, 0.3) is 0 Å². The average molecular weight is 395 g/mol. The van der Waals surface area contributed by atoms with Crippen LogP contribution in [0.3, 0.4) is 0 Å². The summed E-state index contributed by atoms with van der Waals surface area (Å²) in [6.45, 7) is 4.00. The van der Waals surface area contributed by atoms with Gasteiger partial charge in [0.05, 0.1) is 17.2 Å². The molecule has 2 aliphatic rings. The summed E-state index contributed by atoms with van der Waals surface area (Å²) >= 11 is 0. The van der Waals surface area contributed by atoms with Crippen molar-refractivity contribution in [3.8, 4) is 6.07 Å². The Morgan fingerprint density at radius 1 is 1.36 bits per heavy atom. The average Bonchev–Trinajstić information content (AvgIpc) is 3.04. The summed E-state index contributed by atoms with van der Waals surface area (Å²) < 4.78 is 39.9. The van der Waals surface area contributed by atoms with Crippen molar-refractivity contribution in [2.45, 2.75) is 32.4 Å². The molecule has 0 bridgehead atoms. The molecule has 0 radical (unpaired) electrons. The van der Waals surface area contributed by atoms with Crippen LogP contribution >= 0.6 is 0 Å². The molecule has 1 aromatic carbocycles. The number of aliphatic hydroxyl groups excluding tert-OH is 1. The van der Waals surface area contributed by atoms with Crippen LogP contribution in [0.2, 0.25) is 0 Å². The molecule has 1 amide bonds. The number of benzene rings is 1. The third-order valence-electron chi connectivity index (χ3n) is 6.24. The minimum absolute atomic E-state index is 0.0410. The minimum Gasteiger partial charge on any atom is -0.396 e. The van der Waals surface area contributed by atoms with Crippen molar-refractivity contribution in [3.63, 3.8) is 0 Å². The third kappa shape index (κ3) is 3.68. The summed E-state index contributed by atoms with van der Waals surface area (Å²) in [5.41, 5.74) is -1.13. The van der Waals surface area contributed by atoms with Gasteiger partial charge in [0, 0.05) is 50.8 Å². The molecule has 1 N–H and O–H groups in total. The Bertz CT molecular complexity index is 780. The minimum atomic E-state index is -4.60. The largest absolute Gasteiger partial charge is 0.417 e. The summed E-state index contributed by atoms with van der Waals surface area (Å²) in [5, 5.41) is 18.9. The van der Waals surface area contributed by atoms with Gasteiger partial charge in [-0.1, -0.05) is 6.92 Å². The molecule has 0 saturated carbocycles. The molecule has 152 valence electrons. The van der Waals surface area contributed by atoms with Crippen molar-refractivity contribution >= 4 is 11.6 Å². The lowest BCUT2D eigenvalue weighted by Crippen LogP contribution is -2.47. The fourth-order valence-electron chi connectivity index (χ4n) is 4.53. The van der Waals surface area contributed by atoms with Gasteiger partial charge in [0.2, 0.25) is 5.91 Å². The summed E-state index contributed by atoms with van der Waals surface area (Å²) in [6.07, 6.45) is -2.69. The van der Waals surface area contributed by atoms with Gasteiger partial charge >= 0.3 is 6.18 Å². The molecule has 0 aliphatic carbocycles. The van der Waals surface area contributed by atoms with E-state index in [4.69, 9.17) is 5.26 Å². The van der Waals surface area contributed by atoms with E-state index in [0.717, 1.165) is 18.9 Å². The van der Waals surface area contributed by atoms with E-state index in [0.29, 0.717) is 38.3 Å². The second-order valence-electron chi connectivity index (χ2n) is 7.70. The Morgan fingerprint density at radius 2 is 2.04 bits per heavy atom. The molecule has 2 saturated heterocycles. The van der Waals surface area contributed by atoms with Gasteiger partial charge in [0.15, 0.2) is 0 Å². The maximum Gasteiger partial charge on any atom is 0.417 e. The topological polar surface area (TPSA) is 67.6 Å². The van der Waals surface area contributed by atoms with E-state index in [-0.39, 0.29) is 23.8 Å². The maximum absolute atomic E-state index is 13.3. The first-order chi connectivity index (χ1) is 13.2. The van der Waals surface area contributed by atoms with Crippen LogP contribution in [0.1, 0.15) is 37.3 Å². The monoisotopic (exact) mass is 395 g/mol. The van der Waals surface area contributed by atoms with Gasteiger partial charge in [-0.2, -0.15) is 18.4 Å². The third-order valence-corrected chi connectivity index (χ3v) is 6.24. The zero-order valence-electron chi connectivity index (χ0n) is 15.8. The highest BCUT2D eigenvalue weighted by Gasteiger charge is 2.48. The number of hydrogen-bond donors (Lipinski definition) is 1. The van der Waals surface area contributed by atoms with Crippen LogP contribution in [-0.2, 0) is 11.0 Å². The van der Waals surface area contributed by atoms with Gasteiger partial charge in [-0.15, -0.1) is 0 Å². The van der Waals surface area contributed by atoms with Crippen LogP contribution in [0, 0.1) is 22.7 Å². The summed E-state index contributed by atoms with van der Waals surface area (Å²) in [6, 6.07) is 5.38. The molecule has 2 aliphatic heterocycles. The smallest absolute Gasteiger partial charge is 0.396 e. The highest BCUT2D eigenvalue weighted by molar-refractivity contribution is 5.75. The van der Waals surface area contributed by atoms with E-state index < -0.39 is 17.3 Å². The lowest BCUT2D eigenvalue weighted by Gasteiger charge is -2.42. The molecule has 0 aromatic heterocycles. The number of likely N-dealkylation sites (tertiary alicyclic amines) is 1. The van der Waals surface area contributed by atoms with Crippen LogP contribution in [0.25, 0.3) is 0 Å². The van der Waals surface area contributed by atoms with Gasteiger partial charge in [-0.05, 0) is 36.5 Å². The molecule has 28 heavy (non-hydrogen) atoms. The number of nitrogens with zero attached hydrogens (tertiary/aromatic N) is 3. The first kappa shape index (κ1) is 20.5. The molecule has 1 atom stereocenters. The van der Waals surface area contributed by atoms with Gasteiger partial charge in [0.1, 0.15) is 0 Å². The lowest BCUT2D eigenvalue weighted by atomic mass is 9.71. The van der Waals surface area contributed by atoms with E-state index in [1.165, 1.54) is 12.1 Å². The first-order valence-electron chi connectivity index (χ1n) is 9.49. The quantitative estimate of drug-likeness (QED) is 0.854. The number of nitriles is 1. The number of halogens is 3. The highest BCUT2D eigenvalue weighted by atomic mass is 19.4. The fraction of sp³-hybridized carbons (Fsp3) is 0.600. The van der Waals surface area contributed by atoms with Gasteiger partial charge < -0.3 is 14.9 Å². The van der Waals surface area contributed by atoms with E-state index in [1.54, 1.807) is 6.07 Å². The first-order valence-corrected chi connectivity index (χ1v) is 9.49. The Kier molecular flexibility index (Phi) is 5.57. The normalized spacial score (nSPS) is 21.8. The summed E-state index contributed by atoms with van der Waals surface area (Å²) in [5.74, 6) is 0.0449. The molecule has 1 unspecified atom stereocenters. The molecular weight excluding hydrogens is 371 g/mol. The van der Waals surface area contributed by atoms with Crippen molar-refractivity contribution in [1.29, 1.82) is 5.26 Å². The Morgan fingerprint density at radius 3 is 2.57 bits per heavy atom. The van der Waals surface area contributed by atoms with E-state index in [9.17, 15) is 23.1 Å². The molecule has 5 nitrogen and oxygen atoms in total. The number of rotatable bonds is 3. The van der Waals surface area contributed by atoms with E-state index in [1.807, 2.05) is 16.7 Å². The van der Waals surface area contributed by atoms with Crippen LogP contribution in [0.4, 0.5) is 18.9 Å². The Labute approximate surface area is 162 Å². The second-order valence-corrected chi connectivity index (χ2v) is 7.70. The van der Waals surface area contributed by atoms with E-state index >= 15 is 0 Å². The Balaban J connectivity index is 1.83. The molecule has 1 aromatic rings. The van der Waals surface area contributed by atoms with Crippen molar-refractivity contribution in [2.24, 2.45) is 11.3 Å². The van der Waals surface area contributed by atoms with Crippen LogP contribution < -0.4 is 4.90 Å². The highest BCUT2D eigenvalue weighted by Crippen LogP contribution is 2.46. The van der Waals surface area contributed by atoms with Gasteiger partial charge in [-0.25, -0.2) is 0 Å². The molecule has 2 fully saturated rings. The van der Waals surface area contributed by atoms with Crippen molar-refractivity contribution in [2.75, 3.05) is 37.7 Å². The number of hydrogen-bond acceptors (Lipinski definition) is 4. The molecular formula is C20H24F3N3O2. The number of carbonyl (C=O) groups excluding carboxylic acids is 1. The predicted molar refractivity (Wildman–Crippen MR) is 97.5 cm³/mol. The van der Waals surface area contributed by atoms with Crippen LogP contribution in [0.15, 0.2) is 18.2 Å². The number of anilines is 1. The van der Waals surface area contributed by atoms with Crippen molar-refractivity contribution in [1.82, 2.24) is 4.90 Å². The molecule has 3 rings (SSSR count).